The number of rotatable bonds is 9. The van der Waals surface area contributed by atoms with Crippen LogP contribution in [0.15, 0.2) is 72.8 Å². The summed E-state index contributed by atoms with van der Waals surface area (Å²) in [6, 6.07) is 21.3. The van der Waals surface area contributed by atoms with Crippen LogP contribution in [0.3, 0.4) is 0 Å². The van der Waals surface area contributed by atoms with Crippen molar-refractivity contribution in [1.82, 2.24) is 0 Å². The summed E-state index contributed by atoms with van der Waals surface area (Å²) in [5.41, 5.74) is 1.75. The van der Waals surface area contributed by atoms with E-state index in [1.165, 1.54) is 14.2 Å². The van der Waals surface area contributed by atoms with Gasteiger partial charge in [-0.15, -0.1) is 0 Å². The first-order valence-electron chi connectivity index (χ1n) is 9.55. The van der Waals surface area contributed by atoms with Crippen molar-refractivity contribution in [3.8, 4) is 17.2 Å². The zero-order valence-corrected chi connectivity index (χ0v) is 17.3. The van der Waals surface area contributed by atoms with Crippen LogP contribution in [0.2, 0.25) is 0 Å². The molecule has 7 nitrogen and oxygen atoms in total. The van der Waals surface area contributed by atoms with Crippen molar-refractivity contribution in [3.05, 3.63) is 83.9 Å². The van der Waals surface area contributed by atoms with E-state index in [4.69, 9.17) is 18.9 Å². The SMILES string of the molecule is COc1ccc(NC(=O)COC(=O)c2cccc(OCc3ccccc3)c2)c(OC)c1. The number of carbonyl (C=O) groups is 2. The van der Waals surface area contributed by atoms with E-state index >= 15 is 0 Å². The predicted molar refractivity (Wildman–Crippen MR) is 116 cm³/mol. The number of hydrogen-bond donors (Lipinski definition) is 1. The molecule has 160 valence electrons. The van der Waals surface area contributed by atoms with Crippen LogP contribution in [-0.2, 0) is 16.1 Å². The highest BCUT2D eigenvalue weighted by Crippen LogP contribution is 2.28. The summed E-state index contributed by atoms with van der Waals surface area (Å²) in [6.45, 7) is -0.0610. The number of benzene rings is 3. The molecule has 3 aromatic carbocycles. The Morgan fingerprint density at radius 2 is 1.65 bits per heavy atom. The fourth-order valence-corrected chi connectivity index (χ4v) is 2.76. The van der Waals surface area contributed by atoms with Crippen LogP contribution in [-0.4, -0.2) is 32.7 Å². The first kappa shape index (κ1) is 21.7. The minimum absolute atomic E-state index is 0.292. The molecule has 0 radical (unpaired) electrons. The smallest absolute Gasteiger partial charge is 0.338 e. The lowest BCUT2D eigenvalue weighted by Crippen LogP contribution is -2.21. The average molecular weight is 421 g/mol. The van der Waals surface area contributed by atoms with Crippen LogP contribution in [0.4, 0.5) is 5.69 Å². The number of esters is 1. The Balaban J connectivity index is 1.54. The molecule has 0 aliphatic rings. The van der Waals surface area contributed by atoms with Crippen LogP contribution in [0, 0.1) is 0 Å². The number of anilines is 1. The molecular formula is C24H23NO6. The summed E-state index contributed by atoms with van der Waals surface area (Å²) < 4.78 is 21.2. The van der Waals surface area contributed by atoms with E-state index in [2.05, 4.69) is 5.32 Å². The van der Waals surface area contributed by atoms with Gasteiger partial charge in [0.1, 0.15) is 23.9 Å². The first-order chi connectivity index (χ1) is 15.1. The molecule has 1 amide bonds. The molecule has 0 saturated carbocycles. The molecule has 0 spiro atoms. The number of amides is 1. The van der Waals surface area contributed by atoms with Gasteiger partial charge in [-0.25, -0.2) is 4.79 Å². The Bertz CT molecular complexity index is 1040. The summed E-state index contributed by atoms with van der Waals surface area (Å²) in [4.78, 5) is 24.5. The van der Waals surface area contributed by atoms with Crippen LogP contribution in [0.5, 0.6) is 17.2 Å². The van der Waals surface area contributed by atoms with Crippen LogP contribution >= 0.6 is 0 Å². The lowest BCUT2D eigenvalue weighted by molar-refractivity contribution is -0.119. The first-order valence-corrected chi connectivity index (χ1v) is 9.55. The summed E-state index contributed by atoms with van der Waals surface area (Å²) in [7, 11) is 3.02. The van der Waals surface area contributed by atoms with E-state index in [1.54, 1.807) is 42.5 Å². The molecule has 0 unspecified atom stereocenters. The summed E-state index contributed by atoms with van der Waals surface area (Å²) in [5, 5.41) is 2.65. The molecule has 7 heteroatoms. The standard InChI is InChI=1S/C24H23NO6/c1-28-19-11-12-21(22(14-19)29-2)25-23(26)16-31-24(27)18-9-6-10-20(13-18)30-15-17-7-4-3-5-8-17/h3-14H,15-16H2,1-2H3,(H,25,26). The molecule has 0 atom stereocenters. The lowest BCUT2D eigenvalue weighted by atomic mass is 10.2. The maximum Gasteiger partial charge on any atom is 0.338 e. The summed E-state index contributed by atoms with van der Waals surface area (Å²) >= 11 is 0. The van der Waals surface area contributed by atoms with E-state index in [0.29, 0.717) is 35.1 Å². The third-order valence-electron chi connectivity index (χ3n) is 4.34. The molecule has 1 N–H and O–H groups in total. The maximum atomic E-state index is 12.3. The minimum atomic E-state index is -0.623. The van der Waals surface area contributed by atoms with Gasteiger partial charge in [0, 0.05) is 6.07 Å². The van der Waals surface area contributed by atoms with Crippen molar-refractivity contribution < 1.29 is 28.5 Å². The molecule has 0 aliphatic carbocycles. The van der Waals surface area contributed by atoms with Gasteiger partial charge in [0.2, 0.25) is 0 Å². The monoisotopic (exact) mass is 421 g/mol. The van der Waals surface area contributed by atoms with Crippen molar-refractivity contribution in [2.45, 2.75) is 6.61 Å². The topological polar surface area (TPSA) is 83.1 Å². The number of ether oxygens (including phenoxy) is 4. The summed E-state index contributed by atoms with van der Waals surface area (Å²) in [5.74, 6) is 0.443. The third-order valence-corrected chi connectivity index (χ3v) is 4.34. The second-order valence-electron chi connectivity index (χ2n) is 6.49. The van der Waals surface area contributed by atoms with E-state index < -0.39 is 18.5 Å². The second kappa shape index (κ2) is 10.7. The van der Waals surface area contributed by atoms with Crippen molar-refractivity contribution in [1.29, 1.82) is 0 Å². The molecule has 0 saturated heterocycles. The molecule has 3 aromatic rings. The van der Waals surface area contributed by atoms with Gasteiger partial charge in [0.05, 0.1) is 25.5 Å². The van der Waals surface area contributed by atoms with Crippen molar-refractivity contribution >= 4 is 17.6 Å². The van der Waals surface area contributed by atoms with Gasteiger partial charge >= 0.3 is 5.97 Å². The Hall–Kier alpha value is -4.00. The van der Waals surface area contributed by atoms with Gasteiger partial charge in [-0.1, -0.05) is 36.4 Å². The van der Waals surface area contributed by atoms with Crippen molar-refractivity contribution in [2.75, 3.05) is 26.1 Å². The van der Waals surface area contributed by atoms with Gasteiger partial charge in [-0.3, -0.25) is 4.79 Å². The van der Waals surface area contributed by atoms with Gasteiger partial charge in [0.15, 0.2) is 6.61 Å². The van der Waals surface area contributed by atoms with Gasteiger partial charge in [-0.05, 0) is 35.9 Å². The molecule has 0 heterocycles. The van der Waals surface area contributed by atoms with Crippen LogP contribution in [0.25, 0.3) is 0 Å². The maximum absolute atomic E-state index is 12.3. The van der Waals surface area contributed by atoms with E-state index in [9.17, 15) is 9.59 Å². The number of carbonyl (C=O) groups excluding carboxylic acids is 2. The highest BCUT2D eigenvalue weighted by atomic mass is 16.5. The molecule has 0 aromatic heterocycles. The molecular weight excluding hydrogens is 398 g/mol. The Kier molecular flexibility index (Phi) is 7.48. The minimum Gasteiger partial charge on any atom is -0.497 e. The predicted octanol–water partition coefficient (Wildman–Crippen LogP) is 4.08. The largest absolute Gasteiger partial charge is 0.497 e. The number of methoxy groups -OCH3 is 2. The second-order valence-corrected chi connectivity index (χ2v) is 6.49. The zero-order chi connectivity index (χ0) is 22.1. The quantitative estimate of drug-likeness (QED) is 0.524. The summed E-state index contributed by atoms with van der Waals surface area (Å²) in [6.07, 6.45) is 0. The van der Waals surface area contributed by atoms with Crippen LogP contribution < -0.4 is 19.5 Å². The Morgan fingerprint density at radius 3 is 2.39 bits per heavy atom. The van der Waals surface area contributed by atoms with Gasteiger partial charge in [-0.2, -0.15) is 0 Å². The molecule has 3 rings (SSSR count). The third kappa shape index (κ3) is 6.24. The van der Waals surface area contributed by atoms with Gasteiger partial charge < -0.3 is 24.3 Å². The van der Waals surface area contributed by atoms with E-state index in [1.807, 2.05) is 30.3 Å². The number of hydrogen-bond acceptors (Lipinski definition) is 6. The fraction of sp³-hybridized carbons (Fsp3) is 0.167. The average Bonchev–Trinajstić information content (AvgIpc) is 2.82. The van der Waals surface area contributed by atoms with Crippen molar-refractivity contribution in [2.24, 2.45) is 0 Å². The van der Waals surface area contributed by atoms with E-state index in [0.717, 1.165) is 5.56 Å². The molecule has 0 fully saturated rings. The highest BCUT2D eigenvalue weighted by Gasteiger charge is 2.13. The molecule has 0 bridgehead atoms. The lowest BCUT2D eigenvalue weighted by Gasteiger charge is -2.12. The van der Waals surface area contributed by atoms with Crippen LogP contribution in [0.1, 0.15) is 15.9 Å². The van der Waals surface area contributed by atoms with Crippen molar-refractivity contribution in [3.63, 3.8) is 0 Å². The Morgan fingerprint density at radius 1 is 0.839 bits per heavy atom. The van der Waals surface area contributed by atoms with E-state index in [-0.39, 0.29) is 0 Å². The fourth-order valence-electron chi connectivity index (χ4n) is 2.76. The Labute approximate surface area is 180 Å². The number of nitrogens with one attached hydrogen (secondary N) is 1. The zero-order valence-electron chi connectivity index (χ0n) is 17.3. The molecule has 0 aliphatic heterocycles. The highest BCUT2D eigenvalue weighted by molar-refractivity contribution is 5.96. The van der Waals surface area contributed by atoms with Gasteiger partial charge in [0.25, 0.3) is 5.91 Å². The molecule has 31 heavy (non-hydrogen) atoms. The normalized spacial score (nSPS) is 10.1.